The number of rotatable bonds is 7. The highest BCUT2D eigenvalue weighted by molar-refractivity contribution is 5.85. The predicted octanol–water partition coefficient (Wildman–Crippen LogP) is 1.61. The van der Waals surface area contributed by atoms with E-state index in [0.29, 0.717) is 37.6 Å². The lowest BCUT2D eigenvalue weighted by molar-refractivity contribution is -0.134. The number of amides is 2. The molecule has 2 amide bonds. The Balaban J connectivity index is 1.31. The van der Waals surface area contributed by atoms with Gasteiger partial charge in [-0.2, -0.15) is 19.9 Å². The molecule has 2 aliphatic heterocycles. The van der Waals surface area contributed by atoms with Gasteiger partial charge in [0.25, 0.3) is 5.78 Å². The minimum Gasteiger partial charge on any atom is -0.491 e. The van der Waals surface area contributed by atoms with Gasteiger partial charge in [0.1, 0.15) is 30.5 Å². The van der Waals surface area contributed by atoms with Crippen LogP contribution in [0.3, 0.4) is 0 Å². The second kappa shape index (κ2) is 10.1. The lowest BCUT2D eigenvalue weighted by atomic mass is 9.98. The average Bonchev–Trinajstić information content (AvgIpc) is 3.55. The number of ether oxygens (including phenoxy) is 1. The molecule has 2 N–H and O–H groups in total. The molecule has 0 aliphatic carbocycles. The van der Waals surface area contributed by atoms with Gasteiger partial charge in [-0.1, -0.05) is 12.1 Å². The third-order valence-corrected chi connectivity index (χ3v) is 6.70. The lowest BCUT2D eigenvalue weighted by Gasteiger charge is -2.33. The van der Waals surface area contributed by atoms with Crippen molar-refractivity contribution >= 4 is 23.6 Å². The molecule has 12 nitrogen and oxygen atoms in total. The molecular formula is C24H26N8O4. The summed E-state index contributed by atoms with van der Waals surface area (Å²) in [5.74, 6) is 1.77. The number of anilines is 1. The third-order valence-electron chi connectivity index (χ3n) is 6.70. The number of aromatic nitrogens is 4. The zero-order valence-electron chi connectivity index (χ0n) is 19.6. The van der Waals surface area contributed by atoms with Crippen LogP contribution in [0.15, 0.2) is 36.8 Å². The Morgan fingerprint density at radius 3 is 3.00 bits per heavy atom. The molecule has 4 heterocycles. The van der Waals surface area contributed by atoms with Crippen molar-refractivity contribution in [2.75, 3.05) is 24.6 Å². The minimum atomic E-state index is -1.33. The molecule has 186 valence electrons. The summed E-state index contributed by atoms with van der Waals surface area (Å²) in [7, 11) is 0. The predicted molar refractivity (Wildman–Crippen MR) is 127 cm³/mol. The summed E-state index contributed by atoms with van der Waals surface area (Å²) >= 11 is 0. The molecule has 2 aliphatic rings. The number of carbonyl (C=O) groups is 2. The van der Waals surface area contributed by atoms with Crippen molar-refractivity contribution in [1.29, 1.82) is 5.26 Å². The number of nitrogens with one attached hydrogen (secondary N) is 1. The Hall–Kier alpha value is -4.40. The first-order valence-corrected chi connectivity index (χ1v) is 11.9. The van der Waals surface area contributed by atoms with Gasteiger partial charge in [0.15, 0.2) is 0 Å². The Morgan fingerprint density at radius 1 is 1.28 bits per heavy atom. The van der Waals surface area contributed by atoms with Crippen LogP contribution in [0.1, 0.15) is 30.4 Å². The van der Waals surface area contributed by atoms with Crippen molar-refractivity contribution in [3.63, 3.8) is 0 Å². The molecule has 1 saturated heterocycles. The first-order valence-electron chi connectivity index (χ1n) is 11.9. The molecule has 12 heteroatoms. The van der Waals surface area contributed by atoms with Crippen LogP contribution >= 0.6 is 0 Å². The normalized spacial score (nSPS) is 17.9. The summed E-state index contributed by atoms with van der Waals surface area (Å²) in [6.07, 6.45) is 4.29. The fourth-order valence-corrected chi connectivity index (χ4v) is 4.97. The summed E-state index contributed by atoms with van der Waals surface area (Å²) in [6.45, 7) is 2.08. The second-order valence-corrected chi connectivity index (χ2v) is 8.84. The Kier molecular flexibility index (Phi) is 6.53. The summed E-state index contributed by atoms with van der Waals surface area (Å²) in [6, 6.07) is 8.72. The first-order chi connectivity index (χ1) is 17.5. The van der Waals surface area contributed by atoms with Crippen molar-refractivity contribution in [1.82, 2.24) is 29.8 Å². The van der Waals surface area contributed by atoms with E-state index in [0.717, 1.165) is 36.3 Å². The highest BCUT2D eigenvalue weighted by Crippen LogP contribution is 2.31. The van der Waals surface area contributed by atoms with E-state index in [2.05, 4.69) is 25.3 Å². The van der Waals surface area contributed by atoms with Crippen LogP contribution in [0, 0.1) is 11.3 Å². The molecule has 5 rings (SSSR count). The fraction of sp³-hybridized carbons (Fsp3) is 0.417. The molecule has 0 spiro atoms. The van der Waals surface area contributed by atoms with E-state index < -0.39 is 18.0 Å². The Bertz CT molecular complexity index is 1320. The number of benzene rings is 1. The molecule has 2 aromatic heterocycles. The van der Waals surface area contributed by atoms with Crippen molar-refractivity contribution < 1.29 is 19.4 Å². The standard InChI is InChI=1S/C24H26N8O4/c25-9-6-19(29-24(34)35)22(33)30-12-8-16-3-1-5-20(18(16)13-30)36-14-17-4-2-11-31(17)21-7-10-26-23-27-15-28-32(21)23/h1,3,5,7,10,15,17,19,29H,2,4,6,8,11-14H2,(H,34,35)/t17-,19-/m1/s1. The van der Waals surface area contributed by atoms with Gasteiger partial charge >= 0.3 is 6.09 Å². The van der Waals surface area contributed by atoms with Crippen LogP contribution in [0.5, 0.6) is 5.75 Å². The maximum atomic E-state index is 13.0. The van der Waals surface area contributed by atoms with Crippen LogP contribution in [0.25, 0.3) is 5.78 Å². The third kappa shape index (κ3) is 4.59. The summed E-state index contributed by atoms with van der Waals surface area (Å²) in [5, 5.41) is 24.6. The number of carbonyl (C=O) groups excluding carboxylic acids is 1. The summed E-state index contributed by atoms with van der Waals surface area (Å²) in [5.41, 5.74) is 2.01. The largest absolute Gasteiger partial charge is 0.491 e. The molecule has 1 fully saturated rings. The van der Waals surface area contributed by atoms with Crippen molar-refractivity contribution in [2.24, 2.45) is 0 Å². The number of carboxylic acid groups (broad SMARTS) is 1. The minimum absolute atomic E-state index is 0.136. The van der Waals surface area contributed by atoms with Crippen molar-refractivity contribution in [3.05, 3.63) is 47.9 Å². The van der Waals surface area contributed by atoms with Crippen LogP contribution < -0.4 is 15.0 Å². The highest BCUT2D eigenvalue weighted by Gasteiger charge is 2.31. The van der Waals surface area contributed by atoms with E-state index in [1.807, 2.05) is 30.3 Å². The molecule has 0 saturated carbocycles. The molecule has 0 radical (unpaired) electrons. The number of nitrogens with zero attached hydrogens (tertiary/aromatic N) is 7. The van der Waals surface area contributed by atoms with Gasteiger partial charge < -0.3 is 25.0 Å². The van der Waals surface area contributed by atoms with Crippen LogP contribution in [0.2, 0.25) is 0 Å². The quantitative estimate of drug-likeness (QED) is 0.504. The molecule has 0 unspecified atom stereocenters. The first kappa shape index (κ1) is 23.3. The smallest absolute Gasteiger partial charge is 0.405 e. The van der Waals surface area contributed by atoms with Gasteiger partial charge in [-0.05, 0) is 37.0 Å². The molecule has 0 bridgehead atoms. The maximum Gasteiger partial charge on any atom is 0.405 e. The van der Waals surface area contributed by atoms with Crippen LogP contribution in [-0.4, -0.2) is 73.4 Å². The Morgan fingerprint density at radius 2 is 2.17 bits per heavy atom. The van der Waals surface area contributed by atoms with E-state index >= 15 is 0 Å². The summed E-state index contributed by atoms with van der Waals surface area (Å²) < 4.78 is 8.06. The monoisotopic (exact) mass is 490 g/mol. The zero-order valence-corrected chi connectivity index (χ0v) is 19.6. The van der Waals surface area contributed by atoms with E-state index in [1.165, 1.54) is 6.33 Å². The van der Waals surface area contributed by atoms with Gasteiger partial charge in [0, 0.05) is 31.4 Å². The molecule has 2 atom stereocenters. The highest BCUT2D eigenvalue weighted by atomic mass is 16.5. The van der Waals surface area contributed by atoms with E-state index in [1.54, 1.807) is 15.6 Å². The summed E-state index contributed by atoms with van der Waals surface area (Å²) in [4.78, 5) is 36.3. The van der Waals surface area contributed by atoms with Crippen molar-refractivity contribution in [3.8, 4) is 11.8 Å². The number of hydrogen-bond acceptors (Lipinski definition) is 8. The van der Waals surface area contributed by atoms with E-state index in [-0.39, 0.29) is 12.5 Å². The second-order valence-electron chi connectivity index (χ2n) is 8.84. The van der Waals surface area contributed by atoms with E-state index in [4.69, 9.17) is 15.1 Å². The van der Waals surface area contributed by atoms with Gasteiger partial charge in [-0.3, -0.25) is 4.79 Å². The number of fused-ring (bicyclic) bond motifs is 2. The van der Waals surface area contributed by atoms with Gasteiger partial charge in [0.2, 0.25) is 5.91 Å². The van der Waals surface area contributed by atoms with Gasteiger partial charge in [0.05, 0.1) is 18.5 Å². The SMILES string of the molecule is N#CC[C@@H](NC(=O)O)C(=O)N1CCc2cccc(OC[C@H]3CCCN3c3ccnc4ncnn34)c2C1. The topological polar surface area (TPSA) is 149 Å². The van der Waals surface area contributed by atoms with Gasteiger partial charge in [-0.25, -0.2) is 9.78 Å². The Labute approximate surface area is 207 Å². The number of hydrogen-bond donors (Lipinski definition) is 2. The maximum absolute atomic E-state index is 13.0. The molecule has 36 heavy (non-hydrogen) atoms. The van der Waals surface area contributed by atoms with Crippen LogP contribution in [0.4, 0.5) is 10.6 Å². The number of nitriles is 1. The lowest BCUT2D eigenvalue weighted by Crippen LogP contribution is -2.49. The molecule has 3 aromatic rings. The van der Waals surface area contributed by atoms with Crippen LogP contribution in [-0.2, 0) is 17.8 Å². The molecular weight excluding hydrogens is 464 g/mol. The fourth-order valence-electron chi connectivity index (χ4n) is 4.97. The average molecular weight is 491 g/mol. The van der Waals surface area contributed by atoms with Crippen molar-refractivity contribution in [2.45, 2.75) is 44.3 Å². The van der Waals surface area contributed by atoms with Gasteiger partial charge in [-0.15, -0.1) is 0 Å². The van der Waals surface area contributed by atoms with E-state index in [9.17, 15) is 9.59 Å². The molecule has 1 aromatic carbocycles. The zero-order chi connectivity index (χ0) is 25.1.